The predicted molar refractivity (Wildman–Crippen MR) is 63.7 cm³/mol. The van der Waals surface area contributed by atoms with Gasteiger partial charge >= 0.3 is 0 Å². The lowest BCUT2D eigenvalue weighted by Crippen LogP contribution is -1.87. The summed E-state index contributed by atoms with van der Waals surface area (Å²) in [5.74, 6) is 0.575. The fraction of sp³-hybridized carbons (Fsp3) is 0.0833. The molecule has 0 aliphatic rings. The van der Waals surface area contributed by atoms with Gasteiger partial charge in [0, 0.05) is 12.3 Å². The summed E-state index contributed by atoms with van der Waals surface area (Å²) in [6.07, 6.45) is 0. The van der Waals surface area contributed by atoms with E-state index in [9.17, 15) is 0 Å². The van der Waals surface area contributed by atoms with E-state index in [2.05, 4.69) is 20.2 Å². The zero-order valence-electron chi connectivity index (χ0n) is 9.06. The molecule has 4 rings (SSSR count). The lowest BCUT2D eigenvalue weighted by Gasteiger charge is -2.02. The largest absolute Gasteiger partial charge is 0.426 e. The Balaban J connectivity index is 2.40. The van der Waals surface area contributed by atoms with Gasteiger partial charge in [-0.2, -0.15) is 4.98 Å². The van der Waals surface area contributed by atoms with E-state index in [1.165, 1.54) is 0 Å². The van der Waals surface area contributed by atoms with Gasteiger partial charge in [0.1, 0.15) is 10.9 Å². The number of nitrogens with zero attached hydrogens (tertiary/aromatic N) is 3. The van der Waals surface area contributed by atoms with Crippen LogP contribution < -0.4 is 0 Å². The Kier molecular flexibility index (Phi) is 1.44. The van der Waals surface area contributed by atoms with Crippen molar-refractivity contribution in [3.63, 3.8) is 0 Å². The van der Waals surface area contributed by atoms with Gasteiger partial charge in [0.25, 0.3) is 0 Å². The number of nitrogens with one attached hydrogen (secondary N) is 1. The van der Waals surface area contributed by atoms with Crippen molar-refractivity contribution in [3.8, 4) is 0 Å². The highest BCUT2D eigenvalue weighted by molar-refractivity contribution is 6.13. The number of hydrogen-bond acceptors (Lipinski definition) is 4. The number of benzene rings is 1. The predicted octanol–water partition coefficient (Wildman–Crippen LogP) is 2.56. The Hall–Kier alpha value is -2.43. The molecule has 3 aromatic heterocycles. The molecule has 0 saturated carbocycles. The Morgan fingerprint density at radius 1 is 1.18 bits per heavy atom. The molecule has 82 valence electrons. The number of hydrogen-bond donors (Lipinski definition) is 1. The van der Waals surface area contributed by atoms with Crippen LogP contribution in [-0.2, 0) is 0 Å². The van der Waals surface area contributed by atoms with Gasteiger partial charge in [0.05, 0.1) is 5.52 Å². The van der Waals surface area contributed by atoms with Gasteiger partial charge in [-0.15, -0.1) is 10.2 Å². The van der Waals surface area contributed by atoms with E-state index in [4.69, 9.17) is 4.42 Å². The second-order valence-corrected chi connectivity index (χ2v) is 3.98. The van der Waals surface area contributed by atoms with Crippen LogP contribution in [0.2, 0.25) is 0 Å². The van der Waals surface area contributed by atoms with Gasteiger partial charge in [-0.3, -0.25) is 0 Å². The highest BCUT2D eigenvalue weighted by atomic mass is 16.3. The molecule has 0 saturated heterocycles. The summed E-state index contributed by atoms with van der Waals surface area (Å²) < 4.78 is 5.58. The van der Waals surface area contributed by atoms with Gasteiger partial charge in [0.2, 0.25) is 5.71 Å². The van der Waals surface area contributed by atoms with Crippen molar-refractivity contribution in [2.45, 2.75) is 6.92 Å². The van der Waals surface area contributed by atoms with Gasteiger partial charge in [0.15, 0.2) is 11.5 Å². The van der Waals surface area contributed by atoms with Gasteiger partial charge in [-0.05, 0) is 6.07 Å². The number of rotatable bonds is 0. The van der Waals surface area contributed by atoms with Gasteiger partial charge < -0.3 is 9.40 Å². The maximum absolute atomic E-state index is 5.58. The number of para-hydroxylation sites is 1. The highest BCUT2D eigenvalue weighted by Crippen LogP contribution is 2.28. The van der Waals surface area contributed by atoms with Crippen LogP contribution in [0.1, 0.15) is 5.89 Å². The molecule has 3 heterocycles. The fourth-order valence-corrected chi connectivity index (χ4v) is 2.16. The average Bonchev–Trinajstić information content (AvgIpc) is 2.74. The third-order valence-electron chi connectivity index (χ3n) is 2.88. The third kappa shape index (κ3) is 1.05. The molecule has 0 unspecified atom stereocenters. The minimum Gasteiger partial charge on any atom is -0.426 e. The summed E-state index contributed by atoms with van der Waals surface area (Å²) in [4.78, 5) is 7.48. The fourth-order valence-electron chi connectivity index (χ4n) is 2.16. The number of H-pyrrole nitrogens is 1. The minimum atomic E-state index is 0.575. The normalized spacial score (nSPS) is 11.8. The first-order chi connectivity index (χ1) is 8.33. The van der Waals surface area contributed by atoms with Crippen LogP contribution in [0, 0.1) is 6.92 Å². The maximum atomic E-state index is 5.58. The number of aryl methyl sites for hydroxylation is 1. The molecule has 0 fully saturated rings. The van der Waals surface area contributed by atoms with Crippen molar-refractivity contribution >= 4 is 33.2 Å². The molecule has 0 bridgehead atoms. The van der Waals surface area contributed by atoms with Crippen molar-refractivity contribution in [1.29, 1.82) is 0 Å². The Morgan fingerprint density at radius 3 is 3.00 bits per heavy atom. The SMILES string of the molecule is Cc1nc2nnc3c4ccccc4[nH]c(o1)c23. The zero-order chi connectivity index (χ0) is 11.4. The summed E-state index contributed by atoms with van der Waals surface area (Å²) in [5.41, 5.74) is 3.11. The summed E-state index contributed by atoms with van der Waals surface area (Å²) >= 11 is 0. The average molecular weight is 224 g/mol. The molecule has 0 spiro atoms. The first-order valence-corrected chi connectivity index (χ1v) is 5.33. The molecule has 0 aliphatic heterocycles. The van der Waals surface area contributed by atoms with Crippen molar-refractivity contribution < 1.29 is 4.42 Å². The van der Waals surface area contributed by atoms with Crippen LogP contribution in [0.5, 0.6) is 0 Å². The number of aromatic amines is 1. The van der Waals surface area contributed by atoms with Crippen molar-refractivity contribution in [2.24, 2.45) is 0 Å². The van der Waals surface area contributed by atoms with Crippen LogP contribution in [0.25, 0.3) is 33.2 Å². The lowest BCUT2D eigenvalue weighted by atomic mass is 10.1. The van der Waals surface area contributed by atoms with Gasteiger partial charge in [-0.1, -0.05) is 18.2 Å². The standard InChI is InChI=1S/C12H8N4O/c1-6-13-11-9-10(15-16-11)7-4-2-3-5-8(7)14-12(9)17-6/h2-5,14H,1H3. The van der Waals surface area contributed by atoms with E-state index < -0.39 is 0 Å². The van der Waals surface area contributed by atoms with E-state index in [0.717, 1.165) is 21.8 Å². The van der Waals surface area contributed by atoms with E-state index >= 15 is 0 Å². The summed E-state index contributed by atoms with van der Waals surface area (Å²) in [7, 11) is 0. The Morgan fingerprint density at radius 2 is 2.06 bits per heavy atom. The Bertz CT molecular complexity index is 859. The molecular weight excluding hydrogens is 216 g/mol. The molecular formula is C12H8N4O. The molecule has 0 atom stereocenters. The van der Waals surface area contributed by atoms with E-state index in [1.54, 1.807) is 6.92 Å². The molecule has 5 heteroatoms. The molecule has 5 nitrogen and oxygen atoms in total. The Labute approximate surface area is 95.5 Å². The maximum Gasteiger partial charge on any atom is 0.213 e. The first kappa shape index (κ1) is 8.69. The quantitative estimate of drug-likeness (QED) is 0.466. The van der Waals surface area contributed by atoms with Crippen molar-refractivity contribution in [3.05, 3.63) is 30.2 Å². The monoisotopic (exact) mass is 224 g/mol. The van der Waals surface area contributed by atoms with Crippen LogP contribution in [0.4, 0.5) is 0 Å². The van der Waals surface area contributed by atoms with Crippen LogP contribution in [0.3, 0.4) is 0 Å². The van der Waals surface area contributed by atoms with E-state index in [1.807, 2.05) is 24.3 Å². The molecule has 0 radical (unpaired) electrons. The zero-order valence-corrected chi connectivity index (χ0v) is 9.06. The second kappa shape index (κ2) is 2.82. The number of aromatic nitrogens is 4. The van der Waals surface area contributed by atoms with Gasteiger partial charge in [-0.25, -0.2) is 0 Å². The van der Waals surface area contributed by atoms with Crippen LogP contribution in [-0.4, -0.2) is 20.2 Å². The third-order valence-corrected chi connectivity index (χ3v) is 2.88. The molecule has 0 amide bonds. The van der Waals surface area contributed by atoms with E-state index in [0.29, 0.717) is 17.3 Å². The minimum absolute atomic E-state index is 0.575. The van der Waals surface area contributed by atoms with Crippen molar-refractivity contribution in [1.82, 2.24) is 20.2 Å². The number of fused-ring (bicyclic) bond motifs is 2. The molecule has 1 N–H and O–H groups in total. The van der Waals surface area contributed by atoms with Crippen molar-refractivity contribution in [2.75, 3.05) is 0 Å². The summed E-state index contributed by atoms with van der Waals surface area (Å²) in [6.45, 7) is 1.80. The first-order valence-electron chi connectivity index (χ1n) is 5.33. The molecule has 17 heavy (non-hydrogen) atoms. The summed E-state index contributed by atoms with van der Waals surface area (Å²) in [5, 5.41) is 10.2. The smallest absolute Gasteiger partial charge is 0.213 e. The summed E-state index contributed by atoms with van der Waals surface area (Å²) in [6, 6.07) is 7.95. The van der Waals surface area contributed by atoms with Crippen LogP contribution in [0.15, 0.2) is 28.7 Å². The second-order valence-electron chi connectivity index (χ2n) is 3.98. The van der Waals surface area contributed by atoms with E-state index in [-0.39, 0.29) is 0 Å². The molecule has 1 aromatic carbocycles. The molecule has 0 aliphatic carbocycles. The lowest BCUT2D eigenvalue weighted by molar-refractivity contribution is 0.532. The highest BCUT2D eigenvalue weighted by Gasteiger charge is 2.14. The van der Waals surface area contributed by atoms with Crippen LogP contribution >= 0.6 is 0 Å². The molecule has 4 aromatic rings. The topological polar surface area (TPSA) is 67.6 Å². The number of pyridine rings is 1.